The van der Waals surface area contributed by atoms with Crippen LogP contribution < -0.4 is 30.9 Å². The molecule has 0 fully saturated rings. The first-order valence-electron chi connectivity index (χ1n) is 11.2. The molecule has 38 heavy (non-hydrogen) atoms. The van der Waals surface area contributed by atoms with E-state index in [1.807, 2.05) is 6.07 Å². The van der Waals surface area contributed by atoms with Crippen LogP contribution in [0.25, 0.3) is 0 Å². The second kappa shape index (κ2) is 15.6. The predicted molar refractivity (Wildman–Crippen MR) is 143 cm³/mol. The molecule has 0 unspecified atom stereocenters. The maximum atomic E-state index is 12.9. The van der Waals surface area contributed by atoms with Gasteiger partial charge in [0.15, 0.2) is 0 Å². The van der Waals surface area contributed by atoms with Crippen LogP contribution >= 0.6 is 10.2 Å². The number of amides is 3. The summed E-state index contributed by atoms with van der Waals surface area (Å²) < 4.78 is 5.96. The fourth-order valence-corrected chi connectivity index (χ4v) is 7.15. The van der Waals surface area contributed by atoms with Gasteiger partial charge in [-0.1, -0.05) is 0 Å². The van der Waals surface area contributed by atoms with Crippen LogP contribution in [0.3, 0.4) is 0 Å². The number of methoxy groups -OCH3 is 1. The van der Waals surface area contributed by atoms with Crippen molar-refractivity contribution >= 4 is 63.8 Å². The molecular weight excluding hydrogens is 583 g/mol. The Labute approximate surface area is 228 Å². The fourth-order valence-electron chi connectivity index (χ4n) is 2.92. The molecule has 0 aliphatic rings. The van der Waals surface area contributed by atoms with Gasteiger partial charge in [0.1, 0.15) is 0 Å². The Morgan fingerprint density at radius 2 is 1.79 bits per heavy atom. The summed E-state index contributed by atoms with van der Waals surface area (Å²) in [6, 6.07) is 11.6. The molecule has 7 N–H and O–H groups in total. The van der Waals surface area contributed by atoms with Crippen LogP contribution in [0.5, 0.6) is 5.75 Å². The minimum absolute atomic E-state index is 0.0686. The van der Waals surface area contributed by atoms with E-state index in [1.165, 1.54) is 17.3 Å². The fraction of sp³-hybridized carbons (Fsp3) is 0.292. The molecule has 12 nitrogen and oxygen atoms in total. The van der Waals surface area contributed by atoms with Crippen molar-refractivity contribution < 1.29 is 38.9 Å². The van der Waals surface area contributed by atoms with E-state index >= 15 is 0 Å². The zero-order valence-corrected chi connectivity index (χ0v) is 22.9. The van der Waals surface area contributed by atoms with E-state index in [0.29, 0.717) is 21.5 Å². The van der Waals surface area contributed by atoms with Crippen molar-refractivity contribution in [3.05, 3.63) is 54.1 Å². The monoisotopic (exact) mass is 612 g/mol. The number of nitrogens with one attached hydrogen (secondary N) is 3. The van der Waals surface area contributed by atoms with E-state index in [-0.39, 0.29) is 24.5 Å². The zero-order valence-electron chi connectivity index (χ0n) is 20.3. The molecular formula is C24H28N4O8SSe. The first-order valence-corrected chi connectivity index (χ1v) is 15.1. The van der Waals surface area contributed by atoms with Gasteiger partial charge in [-0.25, -0.2) is 0 Å². The Hall–Kier alpha value is -3.58. The number of rotatable bonds is 15. The van der Waals surface area contributed by atoms with Gasteiger partial charge in [0.05, 0.1) is 0 Å². The summed E-state index contributed by atoms with van der Waals surface area (Å²) in [5.41, 5.74) is 6.47. The van der Waals surface area contributed by atoms with E-state index in [2.05, 4.69) is 16.0 Å². The number of para-hydroxylation sites is 1. The molecule has 14 heteroatoms. The molecule has 0 heterocycles. The Balaban J connectivity index is 2.10. The van der Waals surface area contributed by atoms with Gasteiger partial charge in [-0.05, 0) is 0 Å². The number of hydrogen-bond donors (Lipinski definition) is 6. The van der Waals surface area contributed by atoms with Crippen LogP contribution in [-0.2, 0) is 19.2 Å². The van der Waals surface area contributed by atoms with Crippen molar-refractivity contribution in [2.24, 2.45) is 5.73 Å². The molecule has 2 atom stereocenters. The van der Waals surface area contributed by atoms with Gasteiger partial charge in [-0.15, -0.1) is 0 Å². The van der Waals surface area contributed by atoms with Gasteiger partial charge in [-0.3, -0.25) is 0 Å². The molecule has 0 aromatic heterocycles. The van der Waals surface area contributed by atoms with E-state index in [0.717, 1.165) is 0 Å². The van der Waals surface area contributed by atoms with Gasteiger partial charge < -0.3 is 0 Å². The number of carboxylic acids is 2. The number of ether oxygens (including phenoxy) is 1. The molecule has 2 rings (SSSR count). The van der Waals surface area contributed by atoms with Crippen molar-refractivity contribution in [1.29, 1.82) is 0 Å². The molecule has 204 valence electrons. The number of benzene rings is 2. The number of nitrogens with two attached hydrogens (primary N) is 1. The maximum absolute atomic E-state index is 12.9. The summed E-state index contributed by atoms with van der Waals surface area (Å²) in [4.78, 5) is 59.5. The third kappa shape index (κ3) is 10.4. The summed E-state index contributed by atoms with van der Waals surface area (Å²) in [5, 5.41) is 25.3. The molecule has 2 aromatic rings. The number of anilines is 1. The third-order valence-corrected chi connectivity index (χ3v) is 9.12. The number of aliphatic carboxylic acids is 2. The number of carboxylic acid groups (broad SMARTS) is 2. The molecule has 0 spiro atoms. The van der Waals surface area contributed by atoms with Gasteiger partial charge in [-0.2, -0.15) is 0 Å². The average molecular weight is 612 g/mol. The zero-order chi connectivity index (χ0) is 28.1. The van der Waals surface area contributed by atoms with Gasteiger partial charge in [0.25, 0.3) is 0 Å². The summed E-state index contributed by atoms with van der Waals surface area (Å²) in [7, 11) is 2.79. The van der Waals surface area contributed by atoms with Crippen molar-refractivity contribution in [2.45, 2.75) is 24.9 Å². The molecule has 0 bridgehead atoms. The predicted octanol–water partition coefficient (Wildman–Crippen LogP) is -0.197. The minimum atomic E-state index is -1.25. The SMILES string of the molecule is COc1ccc(C(=O)Nc2ccccc2)c([Se]SC[C@@H](NC(=O)CC[C@@H](N)C(=O)O)C(=O)NCC(=O)O)c1. The first-order chi connectivity index (χ1) is 18.1. The summed E-state index contributed by atoms with van der Waals surface area (Å²) in [5.74, 6) is -3.53. The van der Waals surface area contributed by atoms with E-state index < -0.39 is 56.2 Å². The third-order valence-electron chi connectivity index (χ3n) is 4.91. The number of hydrogen-bond acceptors (Lipinski definition) is 8. The first kappa shape index (κ1) is 30.6. The second-order valence-corrected chi connectivity index (χ2v) is 12.0. The number of carbonyl (C=O) groups is 5. The van der Waals surface area contributed by atoms with Crippen LogP contribution in [0.15, 0.2) is 48.5 Å². The van der Waals surface area contributed by atoms with Crippen molar-refractivity contribution in [1.82, 2.24) is 10.6 Å². The standard InChI is InChI=1S/C24H28N4O8SSe/c1-36-15-7-8-16(22(32)27-14-5-3-2-4-6-14)19(11-15)38-37-13-18(23(33)26-12-21(30)31)28-20(29)10-9-17(25)24(34)35/h2-8,11,17-18H,9-10,12-13,25H2,1H3,(H,26,33)(H,27,32)(H,28,29)(H,30,31)(H,34,35)/t17-,18-/m1/s1. The Bertz CT molecular complexity index is 1150. The molecule has 0 saturated carbocycles. The molecule has 0 aliphatic carbocycles. The molecule has 0 aliphatic heterocycles. The second-order valence-electron chi connectivity index (χ2n) is 7.77. The van der Waals surface area contributed by atoms with Crippen LogP contribution in [0, 0.1) is 0 Å². The van der Waals surface area contributed by atoms with Crippen molar-refractivity contribution in [3.8, 4) is 5.75 Å². The van der Waals surface area contributed by atoms with Crippen LogP contribution in [0.2, 0.25) is 0 Å². The van der Waals surface area contributed by atoms with Crippen LogP contribution in [-0.4, -0.2) is 85.2 Å². The van der Waals surface area contributed by atoms with Gasteiger partial charge in [0.2, 0.25) is 0 Å². The quantitative estimate of drug-likeness (QED) is 0.147. The summed E-state index contributed by atoms with van der Waals surface area (Å²) in [6.45, 7) is -0.634. The molecule has 2 aromatic carbocycles. The molecule has 0 saturated heterocycles. The van der Waals surface area contributed by atoms with Crippen molar-refractivity contribution in [3.63, 3.8) is 0 Å². The Morgan fingerprint density at radius 3 is 2.42 bits per heavy atom. The van der Waals surface area contributed by atoms with E-state index in [9.17, 15) is 24.0 Å². The van der Waals surface area contributed by atoms with Crippen molar-refractivity contribution in [2.75, 3.05) is 24.7 Å². The Kier molecular flexibility index (Phi) is 12.6. The number of carbonyl (C=O) groups excluding carboxylic acids is 3. The van der Waals surface area contributed by atoms with E-state index in [1.54, 1.807) is 42.5 Å². The van der Waals surface area contributed by atoms with E-state index in [4.69, 9.17) is 20.7 Å². The van der Waals surface area contributed by atoms with Crippen LogP contribution in [0.1, 0.15) is 23.2 Å². The van der Waals surface area contributed by atoms with Crippen LogP contribution in [0.4, 0.5) is 5.69 Å². The molecule has 3 amide bonds. The summed E-state index contributed by atoms with van der Waals surface area (Å²) >= 11 is -0.417. The van der Waals surface area contributed by atoms with Gasteiger partial charge in [0, 0.05) is 0 Å². The van der Waals surface area contributed by atoms with Gasteiger partial charge >= 0.3 is 229 Å². The average Bonchev–Trinajstić information content (AvgIpc) is 2.89. The normalized spacial score (nSPS) is 12.1. The Morgan fingerprint density at radius 1 is 1.08 bits per heavy atom. The topological polar surface area (TPSA) is 197 Å². The molecule has 0 radical (unpaired) electrons. The summed E-state index contributed by atoms with van der Waals surface area (Å²) in [6.07, 6.45) is -0.364.